The van der Waals surface area contributed by atoms with Crippen LogP contribution in [0, 0.1) is 13.8 Å². The molecule has 1 unspecified atom stereocenters. The summed E-state index contributed by atoms with van der Waals surface area (Å²) in [4.78, 5) is 12.0. The predicted molar refractivity (Wildman–Crippen MR) is 60.4 cm³/mol. The van der Waals surface area contributed by atoms with Crippen molar-refractivity contribution in [3.05, 3.63) is 29.3 Å². The van der Waals surface area contributed by atoms with Gasteiger partial charge in [0.05, 0.1) is 5.25 Å². The fourth-order valence-corrected chi connectivity index (χ4v) is 1.97. The van der Waals surface area contributed by atoms with E-state index in [0.29, 0.717) is 0 Å². The summed E-state index contributed by atoms with van der Waals surface area (Å²) in [5.41, 5.74) is 7.70. The Morgan fingerprint density at radius 3 is 2.50 bits per heavy atom. The first-order chi connectivity index (χ1) is 6.50. The van der Waals surface area contributed by atoms with Gasteiger partial charge >= 0.3 is 0 Å². The van der Waals surface area contributed by atoms with E-state index in [9.17, 15) is 4.79 Å². The molecule has 0 bridgehead atoms. The molecule has 0 aliphatic carbocycles. The lowest BCUT2D eigenvalue weighted by Crippen LogP contribution is -2.22. The van der Waals surface area contributed by atoms with Crippen molar-refractivity contribution in [1.82, 2.24) is 0 Å². The molecule has 3 heteroatoms. The van der Waals surface area contributed by atoms with E-state index in [1.54, 1.807) is 0 Å². The van der Waals surface area contributed by atoms with Gasteiger partial charge in [0.2, 0.25) is 5.91 Å². The van der Waals surface area contributed by atoms with Crippen LogP contribution in [0.3, 0.4) is 0 Å². The standard InChI is InChI=1S/C11H15NOS/c1-7-4-5-10(6-8(7)2)14-9(3)11(12)13/h4-6,9H,1-3H3,(H2,12,13). The van der Waals surface area contributed by atoms with Gasteiger partial charge in [0, 0.05) is 4.90 Å². The van der Waals surface area contributed by atoms with Crippen molar-refractivity contribution in [2.45, 2.75) is 30.9 Å². The Kier molecular flexibility index (Phi) is 3.58. The van der Waals surface area contributed by atoms with Gasteiger partial charge < -0.3 is 5.73 Å². The SMILES string of the molecule is Cc1ccc(SC(C)C(N)=O)cc1C. The van der Waals surface area contributed by atoms with E-state index in [1.807, 2.05) is 13.0 Å². The highest BCUT2D eigenvalue weighted by Gasteiger charge is 2.10. The fraction of sp³-hybridized carbons (Fsp3) is 0.364. The minimum absolute atomic E-state index is 0.169. The number of amides is 1. The average molecular weight is 209 g/mol. The van der Waals surface area contributed by atoms with Gasteiger partial charge in [-0.2, -0.15) is 0 Å². The van der Waals surface area contributed by atoms with Gasteiger partial charge in [0.15, 0.2) is 0 Å². The van der Waals surface area contributed by atoms with Gasteiger partial charge in [-0.15, -0.1) is 11.8 Å². The van der Waals surface area contributed by atoms with Crippen LogP contribution in [0.5, 0.6) is 0 Å². The zero-order valence-electron chi connectivity index (χ0n) is 8.70. The molecule has 1 atom stereocenters. The minimum atomic E-state index is -0.270. The van der Waals surface area contributed by atoms with Crippen LogP contribution < -0.4 is 5.73 Å². The number of carbonyl (C=O) groups is 1. The maximum atomic E-state index is 10.9. The van der Waals surface area contributed by atoms with Crippen LogP contribution in [0.4, 0.5) is 0 Å². The Balaban J connectivity index is 2.78. The molecule has 0 saturated heterocycles. The second kappa shape index (κ2) is 4.51. The summed E-state index contributed by atoms with van der Waals surface area (Å²) < 4.78 is 0. The topological polar surface area (TPSA) is 43.1 Å². The number of rotatable bonds is 3. The fourth-order valence-electron chi connectivity index (χ4n) is 1.05. The lowest BCUT2D eigenvalue weighted by molar-refractivity contribution is -0.117. The van der Waals surface area contributed by atoms with Crippen molar-refractivity contribution >= 4 is 17.7 Å². The third kappa shape index (κ3) is 2.77. The van der Waals surface area contributed by atoms with Crippen LogP contribution in [-0.4, -0.2) is 11.2 Å². The molecule has 0 spiro atoms. The normalized spacial score (nSPS) is 12.5. The molecule has 14 heavy (non-hydrogen) atoms. The average Bonchev–Trinajstić information content (AvgIpc) is 2.11. The summed E-state index contributed by atoms with van der Waals surface area (Å²) in [7, 11) is 0. The summed E-state index contributed by atoms with van der Waals surface area (Å²) in [6.45, 7) is 5.96. The van der Waals surface area contributed by atoms with Gasteiger partial charge in [-0.1, -0.05) is 6.07 Å². The Hall–Kier alpha value is -0.960. The summed E-state index contributed by atoms with van der Waals surface area (Å²) in [5.74, 6) is -0.270. The van der Waals surface area contributed by atoms with Gasteiger partial charge in [-0.25, -0.2) is 0 Å². The number of nitrogens with two attached hydrogens (primary N) is 1. The van der Waals surface area contributed by atoms with E-state index in [1.165, 1.54) is 22.9 Å². The van der Waals surface area contributed by atoms with E-state index < -0.39 is 0 Å². The Morgan fingerprint density at radius 2 is 2.00 bits per heavy atom. The maximum absolute atomic E-state index is 10.9. The maximum Gasteiger partial charge on any atom is 0.230 e. The van der Waals surface area contributed by atoms with Gasteiger partial charge in [-0.05, 0) is 44.0 Å². The van der Waals surface area contributed by atoms with E-state index in [4.69, 9.17) is 5.73 Å². The first kappa shape index (κ1) is 11.1. The molecule has 0 saturated carbocycles. The monoisotopic (exact) mass is 209 g/mol. The molecular weight excluding hydrogens is 194 g/mol. The van der Waals surface area contributed by atoms with Crippen molar-refractivity contribution in [1.29, 1.82) is 0 Å². The highest BCUT2D eigenvalue weighted by Crippen LogP contribution is 2.24. The number of thioether (sulfide) groups is 1. The predicted octanol–water partition coefficient (Wildman–Crippen LogP) is 2.27. The van der Waals surface area contributed by atoms with Crippen LogP contribution in [0.2, 0.25) is 0 Å². The van der Waals surface area contributed by atoms with Crippen molar-refractivity contribution in [3.63, 3.8) is 0 Å². The van der Waals surface area contributed by atoms with Crippen molar-refractivity contribution in [3.8, 4) is 0 Å². The molecule has 2 nitrogen and oxygen atoms in total. The third-order valence-corrected chi connectivity index (χ3v) is 3.30. The number of aryl methyl sites for hydroxylation is 2. The summed E-state index contributed by atoms with van der Waals surface area (Å²) in [6.07, 6.45) is 0. The van der Waals surface area contributed by atoms with Crippen LogP contribution in [0.15, 0.2) is 23.1 Å². The molecule has 0 radical (unpaired) electrons. The largest absolute Gasteiger partial charge is 0.369 e. The minimum Gasteiger partial charge on any atom is -0.369 e. The van der Waals surface area contributed by atoms with Crippen molar-refractivity contribution < 1.29 is 4.79 Å². The zero-order valence-corrected chi connectivity index (χ0v) is 9.52. The smallest absolute Gasteiger partial charge is 0.230 e. The van der Waals surface area contributed by atoms with Crippen LogP contribution in [-0.2, 0) is 4.79 Å². The molecule has 0 aliphatic heterocycles. The molecule has 1 aromatic carbocycles. The summed E-state index contributed by atoms with van der Waals surface area (Å²) >= 11 is 1.50. The Labute approximate surface area is 88.9 Å². The van der Waals surface area contributed by atoms with Gasteiger partial charge in [0.25, 0.3) is 0 Å². The molecule has 0 aliphatic rings. The molecule has 2 N–H and O–H groups in total. The van der Waals surface area contributed by atoms with E-state index >= 15 is 0 Å². The molecule has 0 fully saturated rings. The van der Waals surface area contributed by atoms with E-state index in [0.717, 1.165) is 4.90 Å². The number of benzene rings is 1. The van der Waals surface area contributed by atoms with Gasteiger partial charge in [-0.3, -0.25) is 4.79 Å². The second-order valence-electron chi connectivity index (χ2n) is 3.41. The molecule has 1 aromatic rings. The third-order valence-electron chi connectivity index (χ3n) is 2.19. The Bertz CT molecular complexity index is 349. The van der Waals surface area contributed by atoms with E-state index in [-0.39, 0.29) is 11.2 Å². The first-order valence-electron chi connectivity index (χ1n) is 4.54. The van der Waals surface area contributed by atoms with Crippen LogP contribution in [0.1, 0.15) is 18.1 Å². The number of primary amides is 1. The Morgan fingerprint density at radius 1 is 1.36 bits per heavy atom. The molecule has 0 aromatic heterocycles. The summed E-state index contributed by atoms with van der Waals surface area (Å²) in [5, 5.41) is -0.169. The van der Waals surface area contributed by atoms with Crippen molar-refractivity contribution in [2.24, 2.45) is 5.73 Å². The molecular formula is C11H15NOS. The van der Waals surface area contributed by atoms with Crippen LogP contribution in [0.25, 0.3) is 0 Å². The second-order valence-corrected chi connectivity index (χ2v) is 4.82. The van der Waals surface area contributed by atoms with E-state index in [2.05, 4.69) is 26.0 Å². The molecule has 0 heterocycles. The van der Waals surface area contributed by atoms with Crippen LogP contribution >= 0.6 is 11.8 Å². The number of hydrogen-bond acceptors (Lipinski definition) is 2. The zero-order chi connectivity index (χ0) is 10.7. The van der Waals surface area contributed by atoms with Crippen molar-refractivity contribution in [2.75, 3.05) is 0 Å². The van der Waals surface area contributed by atoms with Gasteiger partial charge in [0.1, 0.15) is 0 Å². The number of carbonyl (C=O) groups excluding carboxylic acids is 1. The lowest BCUT2D eigenvalue weighted by atomic mass is 10.1. The quantitative estimate of drug-likeness (QED) is 0.776. The highest BCUT2D eigenvalue weighted by molar-refractivity contribution is 8.00. The summed E-state index contributed by atoms with van der Waals surface area (Å²) in [6, 6.07) is 6.16. The first-order valence-corrected chi connectivity index (χ1v) is 5.42. The highest BCUT2D eigenvalue weighted by atomic mass is 32.2. The lowest BCUT2D eigenvalue weighted by Gasteiger charge is -2.08. The number of hydrogen-bond donors (Lipinski definition) is 1. The molecule has 1 amide bonds. The molecule has 1 rings (SSSR count). The molecule has 76 valence electrons.